The number of benzene rings is 1. The van der Waals surface area contributed by atoms with Crippen molar-refractivity contribution in [3.05, 3.63) is 73.2 Å². The van der Waals surface area contributed by atoms with Gasteiger partial charge in [-0.25, -0.2) is 9.37 Å². The molecular formula is C30H26FN7O2. The fourth-order valence-electron chi connectivity index (χ4n) is 5.26. The Kier molecular flexibility index (Phi) is 6.09. The van der Waals surface area contributed by atoms with E-state index in [2.05, 4.69) is 41.5 Å². The standard InChI is InChI=1S/C30H26FN7O2/c1-39-22-7-17(6-20(31)10-22)26-15-34-16-28-24(26)11-27(36-28)29-25-9-19(13-35-30(25)38-37-29)18-8-23(14-33-12-18)40-21-2-4-32-5-3-21/h6-16,21,32,36H,2-5H2,1H3,(H,35,37,38). The highest BCUT2D eigenvalue weighted by atomic mass is 19.1. The van der Waals surface area contributed by atoms with Crippen molar-refractivity contribution >= 4 is 21.9 Å². The van der Waals surface area contributed by atoms with E-state index < -0.39 is 0 Å². The molecule has 0 spiro atoms. The molecule has 6 aromatic rings. The lowest BCUT2D eigenvalue weighted by molar-refractivity contribution is 0.162. The molecule has 1 aliphatic rings. The molecule has 0 bridgehead atoms. The second-order valence-electron chi connectivity index (χ2n) is 9.88. The van der Waals surface area contributed by atoms with Crippen LogP contribution in [-0.4, -0.2) is 56.4 Å². The van der Waals surface area contributed by atoms with Gasteiger partial charge >= 0.3 is 0 Å². The maximum Gasteiger partial charge on any atom is 0.155 e. The molecule has 200 valence electrons. The molecular weight excluding hydrogens is 509 g/mol. The maximum atomic E-state index is 14.3. The Morgan fingerprint density at radius 3 is 2.52 bits per heavy atom. The topological polar surface area (TPSA) is 114 Å². The van der Waals surface area contributed by atoms with Gasteiger partial charge in [0, 0.05) is 52.1 Å². The second kappa shape index (κ2) is 10.0. The average molecular weight is 536 g/mol. The van der Waals surface area contributed by atoms with Crippen molar-refractivity contribution in [3.8, 4) is 45.1 Å². The molecule has 0 radical (unpaired) electrons. The summed E-state index contributed by atoms with van der Waals surface area (Å²) in [6.45, 7) is 1.92. The highest BCUT2D eigenvalue weighted by Crippen LogP contribution is 2.36. The number of fused-ring (bicyclic) bond motifs is 2. The molecule has 7 rings (SSSR count). The van der Waals surface area contributed by atoms with E-state index in [1.165, 1.54) is 19.2 Å². The van der Waals surface area contributed by atoms with E-state index in [0.717, 1.165) is 76.0 Å². The van der Waals surface area contributed by atoms with Gasteiger partial charge in [0.15, 0.2) is 5.65 Å². The van der Waals surface area contributed by atoms with Gasteiger partial charge in [0.05, 0.1) is 30.7 Å². The number of halogens is 1. The average Bonchev–Trinajstić information content (AvgIpc) is 3.61. The number of hydrogen-bond acceptors (Lipinski definition) is 7. The first-order chi connectivity index (χ1) is 19.6. The van der Waals surface area contributed by atoms with Gasteiger partial charge < -0.3 is 19.8 Å². The summed E-state index contributed by atoms with van der Waals surface area (Å²) in [4.78, 5) is 16.8. The number of aromatic nitrogens is 6. The van der Waals surface area contributed by atoms with Crippen molar-refractivity contribution in [2.75, 3.05) is 20.2 Å². The van der Waals surface area contributed by atoms with Gasteiger partial charge in [-0.15, -0.1) is 0 Å². The van der Waals surface area contributed by atoms with Gasteiger partial charge in [-0.1, -0.05) is 0 Å². The molecule has 0 aliphatic carbocycles. The van der Waals surface area contributed by atoms with Crippen molar-refractivity contribution in [1.29, 1.82) is 0 Å². The molecule has 3 N–H and O–H groups in total. The van der Waals surface area contributed by atoms with Crippen LogP contribution in [0.4, 0.5) is 4.39 Å². The Bertz CT molecular complexity index is 1840. The molecule has 9 nitrogen and oxygen atoms in total. The number of pyridine rings is 3. The third-order valence-corrected chi connectivity index (χ3v) is 7.27. The molecule has 0 amide bonds. The van der Waals surface area contributed by atoms with Gasteiger partial charge in [0.25, 0.3) is 0 Å². The number of methoxy groups -OCH3 is 1. The summed E-state index contributed by atoms with van der Waals surface area (Å²) in [6, 6.07) is 10.7. The van der Waals surface area contributed by atoms with Crippen LogP contribution in [-0.2, 0) is 0 Å². The zero-order chi connectivity index (χ0) is 27.1. The number of piperidine rings is 1. The van der Waals surface area contributed by atoms with Crippen LogP contribution in [0, 0.1) is 5.82 Å². The number of aromatic amines is 2. The SMILES string of the molecule is COc1cc(F)cc(-c2cncc3[nH]c(-c4n[nH]c5ncc(-c6cncc(OC7CCNCC7)c6)cc45)cc23)c1. The number of nitrogens with zero attached hydrogens (tertiary/aromatic N) is 4. The van der Waals surface area contributed by atoms with Crippen LogP contribution in [0.15, 0.2) is 67.4 Å². The van der Waals surface area contributed by atoms with Crippen LogP contribution in [0.25, 0.3) is 55.6 Å². The molecule has 40 heavy (non-hydrogen) atoms. The smallest absolute Gasteiger partial charge is 0.155 e. The van der Waals surface area contributed by atoms with Crippen molar-refractivity contribution in [3.63, 3.8) is 0 Å². The fourth-order valence-corrected chi connectivity index (χ4v) is 5.26. The van der Waals surface area contributed by atoms with Crippen molar-refractivity contribution in [1.82, 2.24) is 35.5 Å². The summed E-state index contributed by atoms with van der Waals surface area (Å²) in [5, 5.41) is 12.7. The van der Waals surface area contributed by atoms with E-state index in [0.29, 0.717) is 17.0 Å². The Labute approximate surface area is 228 Å². The van der Waals surface area contributed by atoms with Gasteiger partial charge in [0.2, 0.25) is 0 Å². The Morgan fingerprint density at radius 1 is 0.825 bits per heavy atom. The molecule has 0 unspecified atom stereocenters. The largest absolute Gasteiger partial charge is 0.497 e. The number of hydrogen-bond donors (Lipinski definition) is 3. The maximum absolute atomic E-state index is 14.3. The predicted octanol–water partition coefficient (Wildman–Crippen LogP) is 5.51. The number of nitrogens with one attached hydrogen (secondary N) is 3. The van der Waals surface area contributed by atoms with Gasteiger partial charge in [-0.05, 0) is 61.8 Å². The number of ether oxygens (including phenoxy) is 2. The Hall–Kier alpha value is -4.83. The fraction of sp³-hybridized carbons (Fsp3) is 0.200. The summed E-state index contributed by atoms with van der Waals surface area (Å²) in [7, 11) is 1.52. The summed E-state index contributed by atoms with van der Waals surface area (Å²) in [5.41, 5.74) is 6.27. The second-order valence-corrected chi connectivity index (χ2v) is 9.88. The quantitative estimate of drug-likeness (QED) is 0.258. The van der Waals surface area contributed by atoms with E-state index in [1.807, 2.05) is 18.3 Å². The first-order valence-corrected chi connectivity index (χ1v) is 13.1. The highest BCUT2D eigenvalue weighted by Gasteiger charge is 2.18. The molecule has 1 aliphatic heterocycles. The number of H-pyrrole nitrogens is 2. The van der Waals surface area contributed by atoms with Crippen molar-refractivity contribution < 1.29 is 13.9 Å². The Morgan fingerprint density at radius 2 is 1.65 bits per heavy atom. The molecule has 5 aromatic heterocycles. The van der Waals surface area contributed by atoms with Crippen LogP contribution >= 0.6 is 0 Å². The monoisotopic (exact) mass is 535 g/mol. The molecule has 1 saturated heterocycles. The Balaban J connectivity index is 1.26. The lowest BCUT2D eigenvalue weighted by atomic mass is 10.0. The normalized spacial score (nSPS) is 14.2. The highest BCUT2D eigenvalue weighted by molar-refractivity contribution is 6.00. The molecule has 0 atom stereocenters. The van der Waals surface area contributed by atoms with Crippen LogP contribution in [0.5, 0.6) is 11.5 Å². The van der Waals surface area contributed by atoms with Gasteiger partial charge in [-0.3, -0.25) is 15.1 Å². The van der Waals surface area contributed by atoms with Crippen LogP contribution in [0.3, 0.4) is 0 Å². The molecule has 10 heteroatoms. The number of rotatable bonds is 6. The zero-order valence-corrected chi connectivity index (χ0v) is 21.7. The summed E-state index contributed by atoms with van der Waals surface area (Å²) in [5.74, 6) is 0.819. The summed E-state index contributed by atoms with van der Waals surface area (Å²) >= 11 is 0. The van der Waals surface area contributed by atoms with Crippen molar-refractivity contribution in [2.45, 2.75) is 18.9 Å². The minimum atomic E-state index is -0.376. The lowest BCUT2D eigenvalue weighted by Crippen LogP contribution is -2.34. The third kappa shape index (κ3) is 4.52. The van der Waals surface area contributed by atoms with Gasteiger partial charge in [0.1, 0.15) is 29.1 Å². The minimum absolute atomic E-state index is 0.189. The zero-order valence-electron chi connectivity index (χ0n) is 21.7. The lowest BCUT2D eigenvalue weighted by Gasteiger charge is -2.23. The molecule has 1 aromatic carbocycles. The molecule has 0 saturated carbocycles. The van der Waals surface area contributed by atoms with E-state index in [9.17, 15) is 4.39 Å². The van der Waals surface area contributed by atoms with E-state index in [1.54, 1.807) is 30.9 Å². The summed E-state index contributed by atoms with van der Waals surface area (Å²) in [6.07, 6.45) is 11.0. The van der Waals surface area contributed by atoms with E-state index in [4.69, 9.17) is 9.47 Å². The first kappa shape index (κ1) is 24.2. The van der Waals surface area contributed by atoms with Gasteiger partial charge in [-0.2, -0.15) is 5.10 Å². The van der Waals surface area contributed by atoms with Crippen LogP contribution in [0.2, 0.25) is 0 Å². The summed E-state index contributed by atoms with van der Waals surface area (Å²) < 4.78 is 25.8. The molecule has 6 heterocycles. The van der Waals surface area contributed by atoms with E-state index in [-0.39, 0.29) is 11.9 Å². The predicted molar refractivity (Wildman–Crippen MR) is 151 cm³/mol. The molecule has 1 fully saturated rings. The van der Waals surface area contributed by atoms with Crippen molar-refractivity contribution in [2.24, 2.45) is 0 Å². The first-order valence-electron chi connectivity index (χ1n) is 13.1. The minimum Gasteiger partial charge on any atom is -0.497 e. The van der Waals surface area contributed by atoms with Crippen LogP contribution in [0.1, 0.15) is 12.8 Å². The van der Waals surface area contributed by atoms with Crippen LogP contribution < -0.4 is 14.8 Å². The third-order valence-electron chi connectivity index (χ3n) is 7.27. The van der Waals surface area contributed by atoms with E-state index >= 15 is 0 Å².